The lowest BCUT2D eigenvalue weighted by Gasteiger charge is -2.26. The first-order valence-electron chi connectivity index (χ1n) is 9.53. The van der Waals surface area contributed by atoms with Gasteiger partial charge in [-0.1, -0.05) is 6.92 Å². The van der Waals surface area contributed by atoms with E-state index >= 15 is 0 Å². The molecule has 1 fully saturated rings. The Bertz CT molecular complexity index is 581. The molecule has 0 unspecified atom stereocenters. The van der Waals surface area contributed by atoms with Crippen molar-refractivity contribution in [2.24, 2.45) is 10.9 Å². The topological polar surface area (TPSA) is 67.8 Å². The van der Waals surface area contributed by atoms with Crippen molar-refractivity contribution in [2.45, 2.75) is 64.7 Å². The molecule has 1 aliphatic rings. The summed E-state index contributed by atoms with van der Waals surface area (Å²) >= 11 is 0. The molecular formula is C20H34N4O2. The molecule has 6 heteroatoms. The number of aromatic nitrogens is 1. The van der Waals surface area contributed by atoms with Crippen molar-refractivity contribution in [1.29, 1.82) is 0 Å². The van der Waals surface area contributed by atoms with Crippen LogP contribution in [0.2, 0.25) is 0 Å². The molecule has 1 aromatic rings. The lowest BCUT2D eigenvalue weighted by Crippen LogP contribution is -2.45. The first-order valence-corrected chi connectivity index (χ1v) is 9.53. The number of aliphatic imine (C=N–C) groups is 1. The summed E-state index contributed by atoms with van der Waals surface area (Å²) in [5.74, 6) is 2.28. The second-order valence-corrected chi connectivity index (χ2v) is 7.75. The Morgan fingerprint density at radius 2 is 2.00 bits per heavy atom. The Labute approximate surface area is 157 Å². The molecule has 6 nitrogen and oxygen atoms in total. The molecule has 0 amide bonds. The number of rotatable bonds is 7. The average molecular weight is 363 g/mol. The maximum absolute atomic E-state index is 6.08. The van der Waals surface area contributed by atoms with Gasteiger partial charge < -0.3 is 20.1 Å². The number of methoxy groups -OCH3 is 1. The summed E-state index contributed by atoms with van der Waals surface area (Å²) in [5.41, 5.74) is 0.875. The van der Waals surface area contributed by atoms with Crippen LogP contribution in [0.5, 0.6) is 5.88 Å². The van der Waals surface area contributed by atoms with E-state index in [0.29, 0.717) is 25.1 Å². The number of hydrogen-bond acceptors (Lipinski definition) is 4. The van der Waals surface area contributed by atoms with Gasteiger partial charge in [-0.15, -0.1) is 0 Å². The van der Waals surface area contributed by atoms with Crippen molar-refractivity contribution in [1.82, 2.24) is 15.6 Å². The van der Waals surface area contributed by atoms with Crippen LogP contribution in [-0.4, -0.2) is 43.4 Å². The van der Waals surface area contributed by atoms with E-state index in [0.717, 1.165) is 30.3 Å². The normalized spacial score (nSPS) is 21.3. The van der Waals surface area contributed by atoms with Crippen molar-refractivity contribution in [3.05, 3.63) is 23.9 Å². The van der Waals surface area contributed by atoms with Gasteiger partial charge in [0.15, 0.2) is 5.96 Å². The summed E-state index contributed by atoms with van der Waals surface area (Å²) in [6.45, 7) is 7.72. The van der Waals surface area contributed by atoms with Gasteiger partial charge in [0.1, 0.15) is 6.10 Å². The number of hydrogen-bond donors (Lipinski definition) is 2. The van der Waals surface area contributed by atoms with E-state index in [1.807, 2.05) is 32.2 Å². The summed E-state index contributed by atoms with van der Waals surface area (Å²) in [6, 6.07) is 4.01. The highest BCUT2D eigenvalue weighted by Crippen LogP contribution is 2.26. The molecule has 2 N–H and O–H groups in total. The van der Waals surface area contributed by atoms with E-state index < -0.39 is 0 Å². The van der Waals surface area contributed by atoms with Crippen LogP contribution < -0.4 is 15.4 Å². The molecular weight excluding hydrogens is 328 g/mol. The number of pyridine rings is 1. The van der Waals surface area contributed by atoms with Crippen LogP contribution in [0.15, 0.2) is 23.3 Å². The third-order valence-electron chi connectivity index (χ3n) is 4.97. The van der Waals surface area contributed by atoms with Crippen molar-refractivity contribution >= 4 is 5.96 Å². The standard InChI is InChI=1S/C20H34N4O2/c1-15-6-8-17(9-7-15)26-18-12-16(10-11-22-18)13-23-19(21-4)24-14-20(2,3)25-5/h10-12,15,17H,6-9,13-14H2,1-5H3,(H2,21,23,24). The summed E-state index contributed by atoms with van der Waals surface area (Å²) in [6.07, 6.45) is 6.83. The zero-order chi connectivity index (χ0) is 19.0. The summed E-state index contributed by atoms with van der Waals surface area (Å²) < 4.78 is 11.5. The van der Waals surface area contributed by atoms with Gasteiger partial charge in [0, 0.05) is 39.5 Å². The SMILES string of the molecule is CN=C(NCc1ccnc(OC2CCC(C)CC2)c1)NCC(C)(C)OC. The van der Waals surface area contributed by atoms with Crippen molar-refractivity contribution in [3.8, 4) is 5.88 Å². The predicted molar refractivity (Wildman–Crippen MR) is 106 cm³/mol. The van der Waals surface area contributed by atoms with E-state index in [4.69, 9.17) is 9.47 Å². The zero-order valence-corrected chi connectivity index (χ0v) is 16.8. The zero-order valence-electron chi connectivity index (χ0n) is 16.8. The lowest BCUT2D eigenvalue weighted by molar-refractivity contribution is 0.0268. The molecule has 146 valence electrons. The van der Waals surface area contributed by atoms with Crippen LogP contribution >= 0.6 is 0 Å². The van der Waals surface area contributed by atoms with Gasteiger partial charge in [-0.25, -0.2) is 4.98 Å². The minimum absolute atomic E-state index is 0.243. The molecule has 1 heterocycles. The molecule has 0 aromatic carbocycles. The summed E-state index contributed by atoms with van der Waals surface area (Å²) in [4.78, 5) is 8.62. The van der Waals surface area contributed by atoms with Crippen molar-refractivity contribution in [2.75, 3.05) is 20.7 Å². The second kappa shape index (κ2) is 9.76. The Balaban J connectivity index is 1.83. The molecule has 2 rings (SSSR count). The largest absolute Gasteiger partial charge is 0.474 e. The summed E-state index contributed by atoms with van der Waals surface area (Å²) in [5, 5.41) is 6.60. The van der Waals surface area contributed by atoms with E-state index in [1.165, 1.54) is 12.8 Å². The Morgan fingerprint density at radius 1 is 1.27 bits per heavy atom. The highest BCUT2D eigenvalue weighted by Gasteiger charge is 2.20. The Hall–Kier alpha value is -1.82. The van der Waals surface area contributed by atoms with Gasteiger partial charge in [0.25, 0.3) is 0 Å². The van der Waals surface area contributed by atoms with Crippen LogP contribution in [0, 0.1) is 5.92 Å². The summed E-state index contributed by atoms with van der Waals surface area (Å²) in [7, 11) is 3.48. The first kappa shape index (κ1) is 20.5. The minimum atomic E-state index is -0.243. The molecule has 0 bridgehead atoms. The van der Waals surface area contributed by atoms with Crippen LogP contribution in [-0.2, 0) is 11.3 Å². The van der Waals surface area contributed by atoms with Crippen molar-refractivity contribution in [3.63, 3.8) is 0 Å². The van der Waals surface area contributed by atoms with E-state index in [1.54, 1.807) is 14.2 Å². The van der Waals surface area contributed by atoms with Crippen LogP contribution in [0.1, 0.15) is 52.0 Å². The third-order valence-corrected chi connectivity index (χ3v) is 4.97. The highest BCUT2D eigenvalue weighted by molar-refractivity contribution is 5.79. The molecule has 0 spiro atoms. The van der Waals surface area contributed by atoms with E-state index in [2.05, 4.69) is 27.5 Å². The lowest BCUT2D eigenvalue weighted by atomic mass is 9.89. The number of nitrogens with zero attached hydrogens (tertiary/aromatic N) is 2. The van der Waals surface area contributed by atoms with Crippen LogP contribution in [0.3, 0.4) is 0 Å². The molecule has 0 saturated heterocycles. The monoisotopic (exact) mass is 362 g/mol. The van der Waals surface area contributed by atoms with Gasteiger partial charge >= 0.3 is 0 Å². The molecule has 1 aromatic heterocycles. The Kier molecular flexibility index (Phi) is 7.69. The van der Waals surface area contributed by atoms with Gasteiger partial charge in [-0.2, -0.15) is 0 Å². The van der Waals surface area contributed by atoms with Gasteiger partial charge in [-0.05, 0) is 57.1 Å². The molecule has 0 radical (unpaired) electrons. The smallest absolute Gasteiger partial charge is 0.213 e. The fraction of sp³-hybridized carbons (Fsp3) is 0.700. The van der Waals surface area contributed by atoms with Gasteiger partial charge in [-0.3, -0.25) is 4.99 Å². The average Bonchev–Trinajstić information content (AvgIpc) is 2.64. The van der Waals surface area contributed by atoms with Crippen LogP contribution in [0.25, 0.3) is 0 Å². The fourth-order valence-electron chi connectivity index (χ4n) is 2.92. The third kappa shape index (κ3) is 6.83. The quantitative estimate of drug-likeness (QED) is 0.576. The van der Waals surface area contributed by atoms with Crippen LogP contribution in [0.4, 0.5) is 0 Å². The molecule has 26 heavy (non-hydrogen) atoms. The minimum Gasteiger partial charge on any atom is -0.474 e. The molecule has 0 aliphatic heterocycles. The maximum atomic E-state index is 6.08. The molecule has 1 saturated carbocycles. The Morgan fingerprint density at radius 3 is 2.65 bits per heavy atom. The number of nitrogens with one attached hydrogen (secondary N) is 2. The van der Waals surface area contributed by atoms with Gasteiger partial charge in [0.05, 0.1) is 5.60 Å². The predicted octanol–water partition coefficient (Wildman–Crippen LogP) is 3.13. The van der Waals surface area contributed by atoms with Crippen molar-refractivity contribution < 1.29 is 9.47 Å². The number of ether oxygens (including phenoxy) is 2. The van der Waals surface area contributed by atoms with Gasteiger partial charge in [0.2, 0.25) is 5.88 Å². The molecule has 1 aliphatic carbocycles. The first-order chi connectivity index (χ1) is 12.4. The van der Waals surface area contributed by atoms with E-state index in [-0.39, 0.29) is 5.60 Å². The number of guanidine groups is 1. The maximum Gasteiger partial charge on any atom is 0.213 e. The van der Waals surface area contributed by atoms with E-state index in [9.17, 15) is 0 Å². The fourth-order valence-corrected chi connectivity index (χ4v) is 2.92. The highest BCUT2D eigenvalue weighted by atomic mass is 16.5. The second-order valence-electron chi connectivity index (χ2n) is 7.75. The molecule has 0 atom stereocenters.